The lowest BCUT2D eigenvalue weighted by molar-refractivity contribution is -0.129. The highest BCUT2D eigenvalue weighted by Gasteiger charge is 2.20. The molecule has 0 spiro atoms. The highest BCUT2D eigenvalue weighted by molar-refractivity contribution is 8.00. The molecule has 108 valence electrons. The lowest BCUT2D eigenvalue weighted by atomic mass is 10.2. The maximum atomic E-state index is 12.0. The van der Waals surface area contributed by atoms with Crippen LogP contribution in [-0.2, 0) is 4.79 Å². The molecule has 0 radical (unpaired) electrons. The van der Waals surface area contributed by atoms with Gasteiger partial charge in [0.15, 0.2) is 5.78 Å². The number of benzene rings is 1. The van der Waals surface area contributed by atoms with Crippen LogP contribution in [0.1, 0.15) is 17.3 Å². The summed E-state index contributed by atoms with van der Waals surface area (Å²) in [7, 11) is 0. The second-order valence-electron chi connectivity index (χ2n) is 4.98. The summed E-state index contributed by atoms with van der Waals surface area (Å²) in [5, 5.41) is 3.31. The number of nitrogens with one attached hydrogen (secondary N) is 1. The van der Waals surface area contributed by atoms with E-state index in [9.17, 15) is 9.59 Å². The van der Waals surface area contributed by atoms with Crippen LogP contribution in [0.4, 0.5) is 0 Å². The molecule has 2 rings (SSSR count). The van der Waals surface area contributed by atoms with E-state index < -0.39 is 0 Å². The molecular weight excluding hydrogens is 272 g/mol. The van der Waals surface area contributed by atoms with Gasteiger partial charge in [-0.2, -0.15) is 0 Å². The largest absolute Gasteiger partial charge is 0.339 e. The lowest BCUT2D eigenvalue weighted by Crippen LogP contribution is -2.51. The molecule has 1 aliphatic rings. The van der Waals surface area contributed by atoms with Crippen LogP contribution in [0.2, 0.25) is 0 Å². The van der Waals surface area contributed by atoms with Gasteiger partial charge in [-0.15, -0.1) is 11.8 Å². The quantitative estimate of drug-likeness (QED) is 0.834. The Hall–Kier alpha value is -1.33. The van der Waals surface area contributed by atoms with Gasteiger partial charge in [-0.1, -0.05) is 30.3 Å². The van der Waals surface area contributed by atoms with Crippen LogP contribution in [0.15, 0.2) is 30.3 Å². The molecule has 0 saturated carbocycles. The van der Waals surface area contributed by atoms with Crippen molar-refractivity contribution in [3.63, 3.8) is 0 Å². The average molecular weight is 292 g/mol. The monoisotopic (exact) mass is 292 g/mol. The van der Waals surface area contributed by atoms with Crippen LogP contribution in [0, 0.1) is 0 Å². The molecule has 1 aromatic rings. The minimum atomic E-state index is 0.0806. The summed E-state index contributed by atoms with van der Waals surface area (Å²) in [6.45, 7) is 4.44. The first-order valence-electron chi connectivity index (χ1n) is 6.84. The number of amides is 1. The Morgan fingerprint density at radius 1 is 1.30 bits per heavy atom. The highest BCUT2D eigenvalue weighted by atomic mass is 32.2. The first-order chi connectivity index (χ1) is 9.66. The number of carbonyl (C=O) groups excluding carboxylic acids is 2. The molecule has 20 heavy (non-hydrogen) atoms. The van der Waals surface area contributed by atoms with Crippen molar-refractivity contribution in [1.82, 2.24) is 10.2 Å². The Kier molecular flexibility index (Phi) is 5.61. The number of hydrogen-bond acceptors (Lipinski definition) is 4. The van der Waals surface area contributed by atoms with Gasteiger partial charge in [0.05, 0.1) is 11.5 Å². The maximum absolute atomic E-state index is 12.0. The van der Waals surface area contributed by atoms with Gasteiger partial charge in [-0.3, -0.25) is 9.59 Å². The van der Waals surface area contributed by atoms with E-state index in [4.69, 9.17) is 0 Å². The molecule has 0 aromatic heterocycles. The summed E-state index contributed by atoms with van der Waals surface area (Å²) in [5.41, 5.74) is 0.711. The van der Waals surface area contributed by atoms with Crippen molar-refractivity contribution in [1.29, 1.82) is 0 Å². The number of thioether (sulfide) groups is 1. The predicted octanol–water partition coefficient (Wildman–Crippen LogP) is 1.42. The first-order valence-corrected chi connectivity index (χ1v) is 7.99. The number of hydrogen-bond donors (Lipinski definition) is 1. The molecule has 0 aliphatic carbocycles. The molecule has 4 nitrogen and oxygen atoms in total. The molecule has 1 amide bonds. The minimum Gasteiger partial charge on any atom is -0.339 e. The van der Waals surface area contributed by atoms with Gasteiger partial charge in [-0.25, -0.2) is 0 Å². The van der Waals surface area contributed by atoms with Gasteiger partial charge >= 0.3 is 0 Å². The predicted molar refractivity (Wildman–Crippen MR) is 82.1 cm³/mol. The van der Waals surface area contributed by atoms with E-state index >= 15 is 0 Å². The van der Waals surface area contributed by atoms with E-state index in [0.29, 0.717) is 23.1 Å². The molecule has 1 unspecified atom stereocenters. The Labute approximate surface area is 123 Å². The van der Waals surface area contributed by atoms with Gasteiger partial charge in [0, 0.05) is 31.2 Å². The van der Waals surface area contributed by atoms with Crippen molar-refractivity contribution in [2.45, 2.75) is 13.0 Å². The van der Waals surface area contributed by atoms with Gasteiger partial charge in [-0.05, 0) is 6.92 Å². The van der Waals surface area contributed by atoms with Crippen LogP contribution in [0.25, 0.3) is 0 Å². The van der Waals surface area contributed by atoms with Gasteiger partial charge in [0.2, 0.25) is 5.91 Å². The summed E-state index contributed by atoms with van der Waals surface area (Å²) in [6, 6.07) is 9.56. The minimum absolute atomic E-state index is 0.0806. The zero-order chi connectivity index (χ0) is 14.4. The van der Waals surface area contributed by atoms with E-state index in [1.165, 1.54) is 11.8 Å². The number of nitrogens with zero attached hydrogens (tertiary/aromatic N) is 1. The Morgan fingerprint density at radius 2 is 2.05 bits per heavy atom. The lowest BCUT2D eigenvalue weighted by Gasteiger charge is -2.31. The van der Waals surface area contributed by atoms with Crippen LogP contribution in [-0.4, -0.2) is 53.8 Å². The average Bonchev–Trinajstić information content (AvgIpc) is 2.48. The first kappa shape index (κ1) is 15.1. The fourth-order valence-corrected chi connectivity index (χ4v) is 3.00. The second-order valence-corrected chi connectivity index (χ2v) is 5.96. The van der Waals surface area contributed by atoms with E-state index in [-0.39, 0.29) is 11.7 Å². The van der Waals surface area contributed by atoms with Crippen LogP contribution in [0.5, 0.6) is 0 Å². The van der Waals surface area contributed by atoms with E-state index in [1.54, 1.807) is 0 Å². The zero-order valence-corrected chi connectivity index (χ0v) is 12.5. The summed E-state index contributed by atoms with van der Waals surface area (Å²) in [5.74, 6) is 0.948. The van der Waals surface area contributed by atoms with Gasteiger partial charge in [0.1, 0.15) is 0 Å². The standard InChI is InChI=1S/C15H20N2O2S/c1-12-9-17(8-7-16-12)15(19)11-20-10-14(18)13-5-3-2-4-6-13/h2-6,12,16H,7-11H2,1H3. The maximum Gasteiger partial charge on any atom is 0.232 e. The van der Waals surface area contributed by atoms with Crippen molar-refractivity contribution in [2.24, 2.45) is 0 Å². The van der Waals surface area contributed by atoms with Crippen LogP contribution >= 0.6 is 11.8 Å². The third-order valence-electron chi connectivity index (χ3n) is 3.28. The fraction of sp³-hybridized carbons (Fsp3) is 0.467. The Bertz CT molecular complexity index is 464. The van der Waals surface area contributed by atoms with Crippen molar-refractivity contribution in [3.05, 3.63) is 35.9 Å². The topological polar surface area (TPSA) is 49.4 Å². The molecule has 1 aliphatic heterocycles. The molecule has 1 aromatic carbocycles. The van der Waals surface area contributed by atoms with Crippen LogP contribution in [0.3, 0.4) is 0 Å². The normalized spacial score (nSPS) is 18.9. The third kappa shape index (κ3) is 4.35. The summed E-state index contributed by atoms with van der Waals surface area (Å²) < 4.78 is 0. The third-order valence-corrected chi connectivity index (χ3v) is 4.19. The fourth-order valence-electron chi connectivity index (χ4n) is 2.19. The highest BCUT2D eigenvalue weighted by Crippen LogP contribution is 2.09. The van der Waals surface area contributed by atoms with Crippen LogP contribution < -0.4 is 5.32 Å². The van der Waals surface area contributed by atoms with E-state index in [0.717, 1.165) is 19.6 Å². The van der Waals surface area contributed by atoms with E-state index in [1.807, 2.05) is 35.2 Å². The van der Waals surface area contributed by atoms with Crippen molar-refractivity contribution in [2.75, 3.05) is 31.1 Å². The molecule has 1 fully saturated rings. The SMILES string of the molecule is CC1CN(C(=O)CSCC(=O)c2ccccc2)CCN1. The van der Waals surface area contributed by atoms with Gasteiger partial charge < -0.3 is 10.2 Å². The smallest absolute Gasteiger partial charge is 0.232 e. The summed E-state index contributed by atoms with van der Waals surface area (Å²) in [6.07, 6.45) is 0. The molecule has 5 heteroatoms. The molecular formula is C15H20N2O2S. The number of ketones is 1. The zero-order valence-electron chi connectivity index (χ0n) is 11.7. The second kappa shape index (κ2) is 7.45. The molecule has 1 N–H and O–H groups in total. The molecule has 1 saturated heterocycles. The van der Waals surface area contributed by atoms with E-state index in [2.05, 4.69) is 12.2 Å². The number of rotatable bonds is 5. The summed E-state index contributed by atoms with van der Waals surface area (Å²) in [4.78, 5) is 25.8. The Morgan fingerprint density at radius 3 is 2.75 bits per heavy atom. The van der Waals surface area contributed by atoms with Gasteiger partial charge in [0.25, 0.3) is 0 Å². The Balaban J connectivity index is 1.73. The number of carbonyl (C=O) groups is 2. The van der Waals surface area contributed by atoms with Crippen molar-refractivity contribution < 1.29 is 9.59 Å². The summed E-state index contributed by atoms with van der Waals surface area (Å²) >= 11 is 1.40. The van der Waals surface area contributed by atoms with Crippen molar-refractivity contribution >= 4 is 23.5 Å². The molecule has 1 atom stereocenters. The number of Topliss-reactive ketones (excluding diaryl/α,β-unsaturated/α-hetero) is 1. The number of piperazine rings is 1. The molecule has 1 heterocycles. The van der Waals surface area contributed by atoms with Crippen molar-refractivity contribution in [3.8, 4) is 0 Å². The molecule has 0 bridgehead atoms.